The third kappa shape index (κ3) is 4.57. The second-order valence-corrected chi connectivity index (χ2v) is 8.07. The monoisotopic (exact) mass is 430 g/mol. The van der Waals surface area contributed by atoms with Gasteiger partial charge in [0.2, 0.25) is 0 Å². The topological polar surface area (TPSA) is 45.5 Å². The molecule has 32 heavy (non-hydrogen) atoms. The molecule has 0 amide bonds. The quantitative estimate of drug-likeness (QED) is 0.292. The van der Waals surface area contributed by atoms with Crippen LogP contribution in [0.15, 0.2) is 66.7 Å². The number of nitrogens with zero attached hydrogens (tertiary/aromatic N) is 2. The molecule has 0 bridgehead atoms. The lowest BCUT2D eigenvalue weighted by Crippen LogP contribution is -2.06. The number of benzene rings is 3. The van der Waals surface area contributed by atoms with Gasteiger partial charge < -0.3 is 18.8 Å². The Labute approximate surface area is 189 Å². The van der Waals surface area contributed by atoms with Crippen molar-refractivity contribution in [3.05, 3.63) is 72.3 Å². The van der Waals surface area contributed by atoms with Crippen LogP contribution in [-0.4, -0.2) is 30.4 Å². The lowest BCUT2D eigenvalue weighted by atomic mass is 10.0. The molecule has 0 radical (unpaired) electrons. The minimum absolute atomic E-state index is 0.522. The fraction of sp³-hybridized carbons (Fsp3) is 0.296. The molecule has 0 fully saturated rings. The normalized spacial score (nSPS) is 11.2. The second-order valence-electron chi connectivity index (χ2n) is 8.07. The summed E-state index contributed by atoms with van der Waals surface area (Å²) in [6, 6.07) is 22.5. The van der Waals surface area contributed by atoms with E-state index in [4.69, 9.17) is 19.2 Å². The van der Waals surface area contributed by atoms with E-state index < -0.39 is 0 Å². The maximum absolute atomic E-state index is 5.99. The summed E-state index contributed by atoms with van der Waals surface area (Å²) in [5.74, 6) is 3.74. The highest BCUT2D eigenvalue weighted by molar-refractivity contribution is 5.81. The highest BCUT2D eigenvalue weighted by Crippen LogP contribution is 2.33. The van der Waals surface area contributed by atoms with Gasteiger partial charge in [-0.1, -0.05) is 38.1 Å². The minimum atomic E-state index is 0.522. The van der Waals surface area contributed by atoms with E-state index in [0.29, 0.717) is 24.0 Å². The summed E-state index contributed by atoms with van der Waals surface area (Å²) in [6.07, 6.45) is 0.868. The molecule has 0 aliphatic carbocycles. The summed E-state index contributed by atoms with van der Waals surface area (Å²) in [6.45, 7) is 5.83. The fourth-order valence-electron chi connectivity index (χ4n) is 3.86. The second kappa shape index (κ2) is 9.77. The van der Waals surface area contributed by atoms with Gasteiger partial charge >= 0.3 is 0 Å². The molecule has 3 aromatic carbocycles. The number of aromatic nitrogens is 2. The molecule has 0 saturated carbocycles. The maximum Gasteiger partial charge on any atom is 0.161 e. The molecule has 5 nitrogen and oxygen atoms in total. The Hall–Kier alpha value is -3.47. The molecule has 0 atom stereocenters. The van der Waals surface area contributed by atoms with E-state index in [9.17, 15) is 0 Å². The number of hydrogen-bond donors (Lipinski definition) is 0. The van der Waals surface area contributed by atoms with E-state index in [1.54, 1.807) is 14.2 Å². The van der Waals surface area contributed by atoms with Gasteiger partial charge in [-0.05, 0) is 60.4 Å². The zero-order valence-corrected chi connectivity index (χ0v) is 19.2. The third-order valence-corrected chi connectivity index (χ3v) is 5.64. The standard InChI is InChI=1S/C27H30N2O3/c1-19(2)20-10-13-22(14-11-20)32-17-7-16-29-24-9-6-5-8-23(24)28-27(29)21-12-15-25(30-3)26(18-21)31-4/h5-6,8-15,18-19H,7,16-17H2,1-4H3. The van der Waals surface area contributed by atoms with E-state index in [1.165, 1.54) is 5.56 Å². The number of hydrogen-bond acceptors (Lipinski definition) is 4. The molecule has 1 heterocycles. The van der Waals surface area contributed by atoms with Crippen LogP contribution < -0.4 is 14.2 Å². The first-order chi connectivity index (χ1) is 15.6. The number of aryl methyl sites for hydroxylation is 1. The molecule has 0 unspecified atom stereocenters. The molecule has 0 aliphatic rings. The van der Waals surface area contributed by atoms with Crippen molar-refractivity contribution in [1.29, 1.82) is 0 Å². The summed E-state index contributed by atoms with van der Waals surface area (Å²) in [5, 5.41) is 0. The van der Waals surface area contributed by atoms with Crippen LogP contribution in [0.5, 0.6) is 17.2 Å². The molecule has 0 saturated heterocycles. The average Bonchev–Trinajstić information content (AvgIpc) is 3.20. The lowest BCUT2D eigenvalue weighted by Gasteiger charge is -2.13. The zero-order chi connectivity index (χ0) is 22.5. The third-order valence-electron chi connectivity index (χ3n) is 5.64. The van der Waals surface area contributed by atoms with Crippen LogP contribution >= 0.6 is 0 Å². The van der Waals surface area contributed by atoms with E-state index >= 15 is 0 Å². The Balaban J connectivity index is 1.53. The van der Waals surface area contributed by atoms with Gasteiger partial charge in [0.05, 0.1) is 31.9 Å². The largest absolute Gasteiger partial charge is 0.494 e. The summed E-state index contributed by atoms with van der Waals surface area (Å²) in [7, 11) is 3.29. The molecule has 5 heteroatoms. The van der Waals surface area contributed by atoms with Crippen LogP contribution in [0.4, 0.5) is 0 Å². The van der Waals surface area contributed by atoms with Crippen molar-refractivity contribution in [3.63, 3.8) is 0 Å². The van der Waals surface area contributed by atoms with E-state index in [-0.39, 0.29) is 0 Å². The maximum atomic E-state index is 5.99. The first-order valence-corrected chi connectivity index (χ1v) is 11.0. The molecule has 0 aliphatic heterocycles. The van der Waals surface area contributed by atoms with Gasteiger partial charge in [0, 0.05) is 12.1 Å². The first kappa shape index (κ1) is 21.8. The number of ether oxygens (including phenoxy) is 3. The Bertz CT molecular complexity index is 1180. The average molecular weight is 431 g/mol. The van der Waals surface area contributed by atoms with Crippen molar-refractivity contribution >= 4 is 11.0 Å². The van der Waals surface area contributed by atoms with E-state index in [2.05, 4.69) is 48.7 Å². The summed E-state index contributed by atoms with van der Waals surface area (Å²) >= 11 is 0. The van der Waals surface area contributed by atoms with Crippen LogP contribution in [0.2, 0.25) is 0 Å². The number of methoxy groups -OCH3 is 2. The van der Waals surface area contributed by atoms with Crippen LogP contribution in [-0.2, 0) is 6.54 Å². The molecule has 0 spiro atoms. The smallest absolute Gasteiger partial charge is 0.161 e. The van der Waals surface area contributed by atoms with Crippen molar-refractivity contribution in [2.75, 3.05) is 20.8 Å². The zero-order valence-electron chi connectivity index (χ0n) is 19.2. The van der Waals surface area contributed by atoms with Gasteiger partial charge in [0.15, 0.2) is 11.5 Å². The van der Waals surface area contributed by atoms with Gasteiger partial charge in [0.25, 0.3) is 0 Å². The van der Waals surface area contributed by atoms with Gasteiger partial charge in [-0.15, -0.1) is 0 Å². The SMILES string of the molecule is COc1ccc(-c2nc3ccccc3n2CCCOc2ccc(C(C)C)cc2)cc1OC. The number of imidazole rings is 1. The molecule has 1 aromatic heterocycles. The van der Waals surface area contributed by atoms with E-state index in [0.717, 1.165) is 41.1 Å². The predicted molar refractivity (Wildman–Crippen MR) is 129 cm³/mol. The van der Waals surface area contributed by atoms with Crippen molar-refractivity contribution in [3.8, 4) is 28.6 Å². The summed E-state index contributed by atoms with van der Waals surface area (Å²) in [4.78, 5) is 4.90. The van der Waals surface area contributed by atoms with Gasteiger partial charge in [-0.25, -0.2) is 4.98 Å². The summed E-state index contributed by atoms with van der Waals surface area (Å²) in [5.41, 5.74) is 4.40. The number of fused-ring (bicyclic) bond motifs is 1. The highest BCUT2D eigenvalue weighted by Gasteiger charge is 2.15. The Morgan fingerprint density at radius 3 is 2.34 bits per heavy atom. The molecule has 4 aromatic rings. The molecular weight excluding hydrogens is 400 g/mol. The van der Waals surface area contributed by atoms with Gasteiger partial charge in [-0.2, -0.15) is 0 Å². The van der Waals surface area contributed by atoms with Crippen LogP contribution in [0.25, 0.3) is 22.4 Å². The number of rotatable bonds is 9. The Kier molecular flexibility index (Phi) is 6.64. The van der Waals surface area contributed by atoms with Gasteiger partial charge in [-0.3, -0.25) is 0 Å². The van der Waals surface area contributed by atoms with Gasteiger partial charge in [0.1, 0.15) is 11.6 Å². The summed E-state index contributed by atoms with van der Waals surface area (Å²) < 4.78 is 19.1. The molecule has 4 rings (SSSR count). The van der Waals surface area contributed by atoms with Crippen LogP contribution in [0.1, 0.15) is 31.7 Å². The van der Waals surface area contributed by atoms with Crippen LogP contribution in [0, 0.1) is 0 Å². The Morgan fingerprint density at radius 2 is 1.62 bits per heavy atom. The van der Waals surface area contributed by atoms with Crippen molar-refractivity contribution in [2.24, 2.45) is 0 Å². The number of para-hydroxylation sites is 2. The van der Waals surface area contributed by atoms with E-state index in [1.807, 2.05) is 36.4 Å². The minimum Gasteiger partial charge on any atom is -0.494 e. The van der Waals surface area contributed by atoms with Crippen molar-refractivity contribution < 1.29 is 14.2 Å². The molecule has 0 N–H and O–H groups in total. The Morgan fingerprint density at radius 1 is 0.875 bits per heavy atom. The van der Waals surface area contributed by atoms with Crippen molar-refractivity contribution in [2.45, 2.75) is 32.7 Å². The van der Waals surface area contributed by atoms with Crippen LogP contribution in [0.3, 0.4) is 0 Å². The lowest BCUT2D eigenvalue weighted by molar-refractivity contribution is 0.302. The predicted octanol–water partition coefficient (Wildman–Crippen LogP) is 6.31. The fourth-order valence-corrected chi connectivity index (χ4v) is 3.86. The molecular formula is C27H30N2O3. The first-order valence-electron chi connectivity index (χ1n) is 11.0. The van der Waals surface area contributed by atoms with Crippen molar-refractivity contribution in [1.82, 2.24) is 9.55 Å². The highest BCUT2D eigenvalue weighted by atomic mass is 16.5. The molecule has 166 valence electrons.